The Labute approximate surface area is 188 Å². The fourth-order valence-electron chi connectivity index (χ4n) is 3.18. The van der Waals surface area contributed by atoms with Crippen molar-refractivity contribution in [3.8, 4) is 0 Å². The van der Waals surface area contributed by atoms with Crippen LogP contribution in [0.25, 0.3) is 0 Å². The van der Waals surface area contributed by atoms with Gasteiger partial charge in [-0.15, -0.1) is 35.3 Å². The van der Waals surface area contributed by atoms with Gasteiger partial charge in [0.25, 0.3) is 0 Å². The van der Waals surface area contributed by atoms with E-state index < -0.39 is 0 Å². The van der Waals surface area contributed by atoms with Crippen LogP contribution in [0, 0.1) is 0 Å². The molecule has 28 heavy (non-hydrogen) atoms. The number of nitrogens with one attached hydrogen (secondary N) is 2. The van der Waals surface area contributed by atoms with Gasteiger partial charge in [-0.25, -0.2) is 0 Å². The number of amides is 1. The van der Waals surface area contributed by atoms with E-state index in [0.717, 1.165) is 36.7 Å². The smallest absolute Gasteiger partial charge is 0.227 e. The lowest BCUT2D eigenvalue weighted by Gasteiger charge is -2.25. The fourth-order valence-corrected chi connectivity index (χ4v) is 4.03. The van der Waals surface area contributed by atoms with E-state index in [1.165, 1.54) is 4.88 Å². The number of halogens is 1. The number of benzene rings is 1. The van der Waals surface area contributed by atoms with Gasteiger partial charge in [-0.3, -0.25) is 9.79 Å². The number of hydrogen-bond acceptors (Lipinski definition) is 3. The Morgan fingerprint density at radius 3 is 2.54 bits per heavy atom. The Balaban J connectivity index is 0.00000280. The van der Waals surface area contributed by atoms with Crippen molar-refractivity contribution in [3.05, 3.63) is 52.2 Å². The summed E-state index contributed by atoms with van der Waals surface area (Å²) in [6, 6.07) is 12.4. The van der Waals surface area contributed by atoms with Crippen LogP contribution >= 0.6 is 35.3 Å². The molecule has 1 fully saturated rings. The highest BCUT2D eigenvalue weighted by molar-refractivity contribution is 14.0. The molecular weight excluding hydrogens is 483 g/mol. The molecule has 2 heterocycles. The maximum atomic E-state index is 11.8. The predicted octanol–water partition coefficient (Wildman–Crippen LogP) is 4.14. The largest absolute Gasteiger partial charge is 0.356 e. The molecule has 0 saturated carbocycles. The van der Waals surface area contributed by atoms with Gasteiger partial charge in [-0.2, -0.15) is 0 Å². The van der Waals surface area contributed by atoms with Gasteiger partial charge in [0.1, 0.15) is 0 Å². The first kappa shape index (κ1) is 22.7. The van der Waals surface area contributed by atoms with Crippen LogP contribution in [0.2, 0.25) is 0 Å². The lowest BCUT2D eigenvalue weighted by molar-refractivity contribution is -0.117. The molecule has 5 nitrogen and oxygen atoms in total. The SMILES string of the molecule is CN=C(NCc1ccc(N2CCCC2=O)cc1)NCC(C)(C)c1cccs1.I. The van der Waals surface area contributed by atoms with Crippen molar-refractivity contribution < 1.29 is 4.79 Å². The molecule has 0 unspecified atom stereocenters. The van der Waals surface area contributed by atoms with Crippen molar-refractivity contribution in [2.24, 2.45) is 4.99 Å². The van der Waals surface area contributed by atoms with E-state index in [-0.39, 0.29) is 35.3 Å². The number of hydrogen-bond donors (Lipinski definition) is 2. The number of nitrogens with zero attached hydrogens (tertiary/aromatic N) is 2. The molecule has 1 aromatic heterocycles. The van der Waals surface area contributed by atoms with Crippen molar-refractivity contribution >= 4 is 52.9 Å². The minimum absolute atomic E-state index is 0. The Morgan fingerprint density at radius 2 is 1.96 bits per heavy atom. The molecular formula is C21H29IN4OS. The summed E-state index contributed by atoms with van der Waals surface area (Å²) in [6.07, 6.45) is 1.61. The summed E-state index contributed by atoms with van der Waals surface area (Å²) in [5.41, 5.74) is 2.20. The summed E-state index contributed by atoms with van der Waals surface area (Å²) in [4.78, 5) is 19.4. The van der Waals surface area contributed by atoms with E-state index in [0.29, 0.717) is 13.0 Å². The Bertz CT molecular complexity index is 787. The van der Waals surface area contributed by atoms with E-state index in [1.54, 1.807) is 18.4 Å². The molecule has 0 spiro atoms. The zero-order chi connectivity index (χ0) is 19.3. The third-order valence-corrected chi connectivity index (χ3v) is 6.13. The molecule has 2 aromatic rings. The lowest BCUT2D eigenvalue weighted by atomic mass is 9.91. The number of thiophene rings is 1. The van der Waals surface area contributed by atoms with Crippen LogP contribution in [0.5, 0.6) is 0 Å². The molecule has 152 valence electrons. The molecule has 0 bridgehead atoms. The van der Waals surface area contributed by atoms with Gasteiger partial charge in [-0.05, 0) is 35.6 Å². The number of guanidine groups is 1. The number of aliphatic imine (C=N–C) groups is 1. The molecule has 1 aliphatic heterocycles. The fraction of sp³-hybridized carbons (Fsp3) is 0.429. The maximum Gasteiger partial charge on any atom is 0.227 e. The van der Waals surface area contributed by atoms with Gasteiger partial charge in [-0.1, -0.05) is 32.0 Å². The van der Waals surface area contributed by atoms with Gasteiger partial charge >= 0.3 is 0 Å². The van der Waals surface area contributed by atoms with Crippen molar-refractivity contribution in [1.29, 1.82) is 0 Å². The van der Waals surface area contributed by atoms with E-state index in [4.69, 9.17) is 0 Å². The van der Waals surface area contributed by atoms with Crippen molar-refractivity contribution in [3.63, 3.8) is 0 Å². The van der Waals surface area contributed by atoms with Gasteiger partial charge in [0, 0.05) is 49.1 Å². The first-order valence-corrected chi connectivity index (χ1v) is 10.3. The monoisotopic (exact) mass is 512 g/mol. The van der Waals surface area contributed by atoms with Gasteiger partial charge in [0.2, 0.25) is 5.91 Å². The van der Waals surface area contributed by atoms with Crippen LogP contribution in [-0.2, 0) is 16.8 Å². The second-order valence-electron chi connectivity index (χ2n) is 7.46. The second-order valence-corrected chi connectivity index (χ2v) is 8.40. The van der Waals surface area contributed by atoms with Crippen molar-refractivity contribution in [2.45, 2.75) is 38.6 Å². The summed E-state index contributed by atoms with van der Waals surface area (Å²) < 4.78 is 0. The van der Waals surface area contributed by atoms with Crippen LogP contribution in [0.3, 0.4) is 0 Å². The zero-order valence-corrected chi connectivity index (χ0v) is 19.8. The van der Waals surface area contributed by atoms with Gasteiger partial charge in [0.05, 0.1) is 0 Å². The highest BCUT2D eigenvalue weighted by Crippen LogP contribution is 2.26. The topological polar surface area (TPSA) is 56.7 Å². The third kappa shape index (κ3) is 5.70. The summed E-state index contributed by atoms with van der Waals surface area (Å²) in [5.74, 6) is 1.01. The van der Waals surface area contributed by atoms with Gasteiger partial charge in [0.15, 0.2) is 5.96 Å². The summed E-state index contributed by atoms with van der Waals surface area (Å²) in [7, 11) is 1.79. The van der Waals surface area contributed by atoms with Crippen molar-refractivity contribution in [1.82, 2.24) is 10.6 Å². The van der Waals surface area contributed by atoms with Crippen LogP contribution in [0.4, 0.5) is 5.69 Å². The Morgan fingerprint density at radius 1 is 1.21 bits per heavy atom. The van der Waals surface area contributed by atoms with E-state index in [9.17, 15) is 4.79 Å². The average Bonchev–Trinajstić information content (AvgIpc) is 3.34. The van der Waals surface area contributed by atoms with Crippen LogP contribution in [0.1, 0.15) is 37.1 Å². The summed E-state index contributed by atoms with van der Waals surface area (Å²) in [5, 5.41) is 8.90. The first-order valence-electron chi connectivity index (χ1n) is 9.37. The number of carbonyl (C=O) groups is 1. The lowest BCUT2D eigenvalue weighted by Crippen LogP contribution is -2.42. The zero-order valence-electron chi connectivity index (χ0n) is 16.7. The first-order chi connectivity index (χ1) is 13.0. The summed E-state index contributed by atoms with van der Waals surface area (Å²) >= 11 is 1.78. The van der Waals surface area contributed by atoms with Crippen LogP contribution in [0.15, 0.2) is 46.8 Å². The van der Waals surface area contributed by atoms with E-state index in [2.05, 4.69) is 59.1 Å². The highest BCUT2D eigenvalue weighted by Gasteiger charge is 2.22. The molecule has 7 heteroatoms. The molecule has 3 rings (SSSR count). The van der Waals surface area contributed by atoms with Crippen LogP contribution in [-0.4, -0.2) is 32.0 Å². The predicted molar refractivity (Wildman–Crippen MR) is 129 cm³/mol. The van der Waals surface area contributed by atoms with Gasteiger partial charge < -0.3 is 15.5 Å². The molecule has 1 amide bonds. The Kier molecular flexibility index (Phi) is 8.30. The minimum atomic E-state index is 0. The van der Waals surface area contributed by atoms with Crippen molar-refractivity contribution in [2.75, 3.05) is 25.0 Å². The molecule has 1 aliphatic rings. The van der Waals surface area contributed by atoms with E-state index >= 15 is 0 Å². The second kappa shape index (κ2) is 10.2. The average molecular weight is 512 g/mol. The number of anilines is 1. The molecule has 2 N–H and O–H groups in total. The van der Waals surface area contributed by atoms with E-state index in [1.807, 2.05) is 17.0 Å². The Hall–Kier alpha value is -1.61. The quantitative estimate of drug-likeness (QED) is 0.348. The molecule has 0 atom stereocenters. The minimum Gasteiger partial charge on any atom is -0.356 e. The third-order valence-electron chi connectivity index (χ3n) is 4.89. The molecule has 0 radical (unpaired) electrons. The molecule has 1 saturated heterocycles. The maximum absolute atomic E-state index is 11.8. The normalized spacial score (nSPS) is 14.8. The number of rotatable bonds is 6. The van der Waals surface area contributed by atoms with Crippen LogP contribution < -0.4 is 15.5 Å². The highest BCUT2D eigenvalue weighted by atomic mass is 127. The molecule has 1 aromatic carbocycles. The number of carbonyl (C=O) groups excluding carboxylic acids is 1. The standard InChI is InChI=1S/C21H28N4OS.HI/c1-21(2,18-6-5-13-27-18)15-24-20(22-3)23-14-16-8-10-17(11-9-16)25-12-4-7-19(25)26;/h5-6,8-11,13H,4,7,12,14-15H2,1-3H3,(H2,22,23,24);1H. The summed E-state index contributed by atoms with van der Waals surface area (Å²) in [6.45, 7) is 6.79. The molecule has 0 aliphatic carbocycles.